The topological polar surface area (TPSA) is 78.9 Å². The predicted molar refractivity (Wildman–Crippen MR) is 125 cm³/mol. The average molecular weight is 442 g/mol. The summed E-state index contributed by atoms with van der Waals surface area (Å²) < 4.78 is 15.0. The summed E-state index contributed by atoms with van der Waals surface area (Å²) in [4.78, 5) is 34.2. The number of hydrogen-bond acceptors (Lipinski definition) is 6. The van der Waals surface area contributed by atoms with Crippen molar-refractivity contribution in [3.63, 3.8) is 0 Å². The zero-order valence-corrected chi connectivity index (χ0v) is 18.1. The van der Waals surface area contributed by atoms with Gasteiger partial charge in [-0.15, -0.1) is 0 Å². The molecule has 6 nitrogen and oxygen atoms in total. The first-order valence-electron chi connectivity index (χ1n) is 10.0. The highest BCUT2D eigenvalue weighted by Crippen LogP contribution is 2.29. The van der Waals surface area contributed by atoms with E-state index in [1.807, 2.05) is 55.5 Å². The van der Waals surface area contributed by atoms with Crippen LogP contribution < -0.4 is 9.47 Å². The number of ether oxygens (including phenoxy) is 3. The molecule has 0 saturated carbocycles. The lowest BCUT2D eigenvalue weighted by molar-refractivity contribution is -0.150. The van der Waals surface area contributed by atoms with E-state index >= 15 is 0 Å². The van der Waals surface area contributed by atoms with Gasteiger partial charge in [0.25, 0.3) is 0 Å². The van der Waals surface area contributed by atoms with Crippen LogP contribution in [0.3, 0.4) is 0 Å². The fraction of sp³-hybridized carbons (Fsp3) is 0.0741. The Labute approximate surface area is 191 Å². The minimum Gasteiger partial charge on any atom is -0.451 e. The summed E-state index contributed by atoms with van der Waals surface area (Å²) in [5.74, 6) is -1.01. The zero-order chi connectivity index (χ0) is 23.8. The van der Waals surface area contributed by atoms with Gasteiger partial charge in [0, 0.05) is 12.2 Å². The van der Waals surface area contributed by atoms with Gasteiger partial charge in [0.05, 0.1) is 0 Å². The van der Waals surface area contributed by atoms with E-state index in [1.165, 1.54) is 0 Å². The van der Waals surface area contributed by atoms with Crippen LogP contribution in [-0.2, 0) is 19.1 Å². The van der Waals surface area contributed by atoms with Crippen LogP contribution in [0.4, 0.5) is 0 Å². The lowest BCUT2D eigenvalue weighted by Crippen LogP contribution is -2.18. The van der Waals surface area contributed by atoms with Crippen LogP contribution in [0.5, 0.6) is 11.5 Å². The molecule has 33 heavy (non-hydrogen) atoms. The van der Waals surface area contributed by atoms with E-state index in [-0.39, 0.29) is 0 Å². The molecule has 0 saturated heterocycles. The molecule has 0 aliphatic rings. The van der Waals surface area contributed by atoms with Crippen molar-refractivity contribution in [3.05, 3.63) is 97.6 Å². The Balaban J connectivity index is 1.68. The number of esters is 3. The second-order valence-corrected chi connectivity index (χ2v) is 6.99. The Morgan fingerprint density at radius 2 is 1.24 bits per heavy atom. The number of carbonyl (C=O) groups excluding carboxylic acids is 3. The lowest BCUT2D eigenvalue weighted by atomic mass is 9.99. The van der Waals surface area contributed by atoms with E-state index in [1.54, 1.807) is 18.2 Å². The van der Waals surface area contributed by atoms with Crippen LogP contribution in [0.25, 0.3) is 22.3 Å². The maximum Gasteiger partial charge on any atom is 0.349 e. The third-order valence-corrected chi connectivity index (χ3v) is 4.69. The van der Waals surface area contributed by atoms with Crippen molar-refractivity contribution in [1.82, 2.24) is 0 Å². The van der Waals surface area contributed by atoms with Crippen molar-refractivity contribution in [2.24, 2.45) is 0 Å². The SMILES string of the molecule is C=CC(=O)OCC(=O)Oc1ccc(-c2ccc(-c3ccc(OC(=O)C=C)cc3)cc2)cc1C. The first-order chi connectivity index (χ1) is 15.9. The van der Waals surface area contributed by atoms with Gasteiger partial charge in [-0.2, -0.15) is 0 Å². The number of aryl methyl sites for hydroxylation is 1. The average Bonchev–Trinajstić information content (AvgIpc) is 2.84. The van der Waals surface area contributed by atoms with Gasteiger partial charge >= 0.3 is 17.9 Å². The summed E-state index contributed by atoms with van der Waals surface area (Å²) in [6.07, 6.45) is 2.10. The van der Waals surface area contributed by atoms with Crippen molar-refractivity contribution in [2.45, 2.75) is 6.92 Å². The molecule has 0 bridgehead atoms. The van der Waals surface area contributed by atoms with E-state index in [4.69, 9.17) is 9.47 Å². The number of rotatable bonds is 8. The number of hydrogen-bond donors (Lipinski definition) is 0. The van der Waals surface area contributed by atoms with E-state index in [0.29, 0.717) is 11.5 Å². The molecule has 6 heteroatoms. The molecule has 0 aromatic heterocycles. The minimum atomic E-state index is -0.686. The second kappa shape index (κ2) is 10.7. The van der Waals surface area contributed by atoms with Gasteiger partial charge in [-0.25, -0.2) is 14.4 Å². The molecule has 0 N–H and O–H groups in total. The van der Waals surface area contributed by atoms with E-state index < -0.39 is 24.5 Å². The van der Waals surface area contributed by atoms with Crippen LogP contribution in [0.2, 0.25) is 0 Å². The maximum atomic E-state index is 11.8. The fourth-order valence-electron chi connectivity index (χ4n) is 3.01. The quantitative estimate of drug-likeness (QED) is 0.276. The first-order valence-corrected chi connectivity index (χ1v) is 10.0. The largest absolute Gasteiger partial charge is 0.451 e. The molecule has 0 atom stereocenters. The highest BCUT2D eigenvalue weighted by atomic mass is 16.6. The Kier molecular flexibility index (Phi) is 7.55. The Morgan fingerprint density at radius 3 is 1.79 bits per heavy atom. The maximum absolute atomic E-state index is 11.8. The van der Waals surface area contributed by atoms with Gasteiger partial charge in [-0.3, -0.25) is 0 Å². The monoisotopic (exact) mass is 442 g/mol. The van der Waals surface area contributed by atoms with Gasteiger partial charge in [0.15, 0.2) is 6.61 Å². The summed E-state index contributed by atoms with van der Waals surface area (Å²) in [6.45, 7) is 8.00. The molecule has 166 valence electrons. The highest BCUT2D eigenvalue weighted by molar-refractivity contribution is 5.84. The van der Waals surface area contributed by atoms with Crippen molar-refractivity contribution in [1.29, 1.82) is 0 Å². The van der Waals surface area contributed by atoms with Crippen LogP contribution >= 0.6 is 0 Å². The molecular formula is C27H22O6. The van der Waals surface area contributed by atoms with Crippen LogP contribution in [0.1, 0.15) is 5.56 Å². The molecule has 3 aromatic rings. The Hall–Kier alpha value is -4.45. The summed E-state index contributed by atoms with van der Waals surface area (Å²) in [7, 11) is 0. The standard InChI is InChI=1S/C27H22O6/c1-4-25(28)31-17-27(30)33-24-15-12-22(16-18(24)3)21-8-6-19(7-9-21)20-10-13-23(14-11-20)32-26(29)5-2/h4-16H,1-2,17H2,3H3. The number of carbonyl (C=O) groups is 3. The molecule has 0 aliphatic carbocycles. The molecule has 0 unspecified atom stereocenters. The summed E-state index contributed by atoms with van der Waals surface area (Å²) >= 11 is 0. The third kappa shape index (κ3) is 6.27. The Morgan fingerprint density at radius 1 is 0.727 bits per heavy atom. The van der Waals surface area contributed by atoms with Crippen LogP contribution in [-0.4, -0.2) is 24.5 Å². The molecule has 0 radical (unpaired) electrons. The van der Waals surface area contributed by atoms with Crippen molar-refractivity contribution in [3.8, 4) is 33.8 Å². The number of benzene rings is 3. The van der Waals surface area contributed by atoms with Gasteiger partial charge in [-0.1, -0.05) is 55.6 Å². The molecule has 3 aromatic carbocycles. The third-order valence-electron chi connectivity index (χ3n) is 4.69. The van der Waals surface area contributed by atoms with Crippen molar-refractivity contribution >= 4 is 17.9 Å². The van der Waals surface area contributed by atoms with E-state index in [0.717, 1.165) is 40.0 Å². The molecular weight excluding hydrogens is 420 g/mol. The zero-order valence-electron chi connectivity index (χ0n) is 18.1. The molecule has 0 amide bonds. The highest BCUT2D eigenvalue weighted by Gasteiger charge is 2.11. The van der Waals surface area contributed by atoms with Gasteiger partial charge < -0.3 is 14.2 Å². The summed E-state index contributed by atoms with van der Waals surface area (Å²) in [5.41, 5.74) is 4.72. The molecule has 0 spiro atoms. The second-order valence-electron chi connectivity index (χ2n) is 6.99. The van der Waals surface area contributed by atoms with Crippen molar-refractivity contribution in [2.75, 3.05) is 6.61 Å². The van der Waals surface area contributed by atoms with E-state index in [9.17, 15) is 14.4 Å². The molecule has 0 aliphatic heterocycles. The van der Waals surface area contributed by atoms with Gasteiger partial charge in [0.1, 0.15) is 11.5 Å². The summed E-state index contributed by atoms with van der Waals surface area (Å²) in [5, 5.41) is 0. The van der Waals surface area contributed by atoms with Gasteiger partial charge in [0.2, 0.25) is 0 Å². The smallest absolute Gasteiger partial charge is 0.349 e. The molecule has 0 fully saturated rings. The van der Waals surface area contributed by atoms with Crippen LogP contribution in [0, 0.1) is 6.92 Å². The van der Waals surface area contributed by atoms with E-state index in [2.05, 4.69) is 17.9 Å². The molecule has 3 rings (SSSR count). The lowest BCUT2D eigenvalue weighted by Gasteiger charge is -2.10. The normalized spacial score (nSPS) is 10.1. The van der Waals surface area contributed by atoms with Crippen molar-refractivity contribution < 1.29 is 28.6 Å². The van der Waals surface area contributed by atoms with Gasteiger partial charge in [-0.05, 0) is 59.0 Å². The predicted octanol–water partition coefficient (Wildman–Crippen LogP) is 5.06. The first kappa shape index (κ1) is 23.2. The minimum absolute atomic E-state index is 0.396. The Bertz CT molecular complexity index is 1190. The fourth-order valence-corrected chi connectivity index (χ4v) is 3.01. The summed E-state index contributed by atoms with van der Waals surface area (Å²) in [6, 6.07) is 20.7. The molecule has 0 heterocycles. The van der Waals surface area contributed by atoms with Crippen LogP contribution in [0.15, 0.2) is 92.0 Å².